The molecule has 0 radical (unpaired) electrons. The zero-order valence-corrected chi connectivity index (χ0v) is 24.3. The summed E-state index contributed by atoms with van der Waals surface area (Å²) in [4.78, 5) is 76.3. The van der Waals surface area contributed by atoms with Crippen LogP contribution >= 0.6 is 0 Å². The summed E-state index contributed by atoms with van der Waals surface area (Å²) in [6, 6.07) is 23.2. The van der Waals surface area contributed by atoms with Gasteiger partial charge in [-0.2, -0.15) is 0 Å². The molecule has 43 heavy (non-hydrogen) atoms. The van der Waals surface area contributed by atoms with E-state index in [0.717, 1.165) is 11.8 Å². The molecular weight excluding hydrogens is 548 g/mol. The molecule has 4 amide bonds. The van der Waals surface area contributed by atoms with Crippen LogP contribution in [0.1, 0.15) is 42.6 Å². The fourth-order valence-corrected chi connectivity index (χ4v) is 4.58. The van der Waals surface area contributed by atoms with Crippen LogP contribution in [0.3, 0.4) is 0 Å². The van der Waals surface area contributed by atoms with Gasteiger partial charge in [-0.25, -0.2) is 0 Å². The summed E-state index contributed by atoms with van der Waals surface area (Å²) < 4.78 is 0. The predicted octanol–water partition coefficient (Wildman–Crippen LogP) is 3.10. The van der Waals surface area contributed by atoms with Crippen molar-refractivity contribution in [3.8, 4) is 0 Å². The summed E-state index contributed by atoms with van der Waals surface area (Å²) in [6.45, 7) is 2.70. The van der Waals surface area contributed by atoms with Crippen LogP contribution in [0.25, 0.3) is 0 Å². The molecule has 0 bridgehead atoms. The Labute approximate surface area is 251 Å². The summed E-state index contributed by atoms with van der Waals surface area (Å²) in [5.41, 5.74) is 2.19. The molecule has 0 spiro atoms. The van der Waals surface area contributed by atoms with E-state index in [1.54, 1.807) is 61.5 Å². The molecule has 0 saturated heterocycles. The molecule has 0 saturated carbocycles. The number of benzene rings is 3. The van der Waals surface area contributed by atoms with Crippen molar-refractivity contribution in [3.63, 3.8) is 0 Å². The molecule has 4 rings (SSSR count). The maximum absolute atomic E-state index is 13.9. The minimum atomic E-state index is -1.11. The predicted molar refractivity (Wildman–Crippen MR) is 164 cm³/mol. The second-order valence-corrected chi connectivity index (χ2v) is 9.75. The second kappa shape index (κ2) is 16.4. The number of anilines is 2. The standard InChI is InChI=1S/C31H32N4O5.C2H4O/c1-2-24(21-36)32-29(38)20-35-27-16-10-9-15-26(27)34(30(39)23-13-7-4-8-14-23)19-25(31(35)40)33-28(37)18-17-22-11-5-3-6-12-22;1-2-3/h3-16,21,24-25H,2,17-20H2,1H3,(H,32,38)(H,33,37);2H,1H3/t24-,25-;/m0./s1. The SMILES string of the molecule is CC=O.CC[C@@H](C=O)NC(=O)CN1C(=O)[C@@H](NC(=O)CCc2ccccc2)CN(C(=O)c2ccccc2)c2ccccc21. The fourth-order valence-electron chi connectivity index (χ4n) is 4.58. The average Bonchev–Trinajstić information content (AvgIpc) is 3.14. The van der Waals surface area contributed by atoms with Crippen molar-refractivity contribution in [2.24, 2.45) is 0 Å². The molecule has 0 aromatic heterocycles. The zero-order chi connectivity index (χ0) is 31.2. The summed E-state index contributed by atoms with van der Waals surface area (Å²) in [5.74, 6) is -1.75. The molecule has 0 fully saturated rings. The summed E-state index contributed by atoms with van der Waals surface area (Å²) in [5, 5.41) is 5.43. The molecule has 10 nitrogen and oxygen atoms in total. The molecule has 2 atom stereocenters. The third-order valence-corrected chi connectivity index (χ3v) is 6.73. The Morgan fingerprint density at radius 3 is 2.07 bits per heavy atom. The molecule has 224 valence electrons. The normalized spacial score (nSPS) is 14.7. The minimum Gasteiger partial charge on any atom is -0.345 e. The van der Waals surface area contributed by atoms with E-state index in [9.17, 15) is 24.0 Å². The summed E-state index contributed by atoms with van der Waals surface area (Å²) >= 11 is 0. The van der Waals surface area contributed by atoms with Crippen molar-refractivity contribution in [2.75, 3.05) is 22.9 Å². The van der Waals surface area contributed by atoms with Crippen LogP contribution in [0, 0.1) is 0 Å². The Kier molecular flexibility index (Phi) is 12.3. The van der Waals surface area contributed by atoms with Crippen molar-refractivity contribution in [1.82, 2.24) is 10.6 Å². The van der Waals surface area contributed by atoms with E-state index in [2.05, 4.69) is 10.6 Å². The third kappa shape index (κ3) is 8.93. The number of amides is 4. The first-order valence-corrected chi connectivity index (χ1v) is 14.1. The Hall–Kier alpha value is -5.12. The van der Waals surface area contributed by atoms with E-state index in [0.29, 0.717) is 36.1 Å². The second-order valence-electron chi connectivity index (χ2n) is 9.75. The smallest absolute Gasteiger partial charge is 0.258 e. The number of aldehydes is 2. The van der Waals surface area contributed by atoms with E-state index in [1.807, 2.05) is 30.3 Å². The van der Waals surface area contributed by atoms with Gasteiger partial charge in [0.05, 0.1) is 24.0 Å². The Bertz CT molecular complexity index is 1410. The van der Waals surface area contributed by atoms with Crippen LogP contribution in [0.15, 0.2) is 84.9 Å². The molecule has 3 aromatic rings. The Morgan fingerprint density at radius 2 is 1.47 bits per heavy atom. The maximum Gasteiger partial charge on any atom is 0.258 e. The molecule has 3 aromatic carbocycles. The first-order valence-electron chi connectivity index (χ1n) is 14.1. The Morgan fingerprint density at radius 1 is 0.884 bits per heavy atom. The van der Waals surface area contributed by atoms with Gasteiger partial charge in [-0.05, 0) is 49.6 Å². The zero-order valence-electron chi connectivity index (χ0n) is 24.3. The first-order chi connectivity index (χ1) is 20.8. The lowest BCUT2D eigenvalue weighted by Crippen LogP contribution is -2.54. The van der Waals surface area contributed by atoms with E-state index in [-0.39, 0.29) is 31.3 Å². The molecule has 2 N–H and O–H groups in total. The summed E-state index contributed by atoms with van der Waals surface area (Å²) in [6.07, 6.45) is 2.42. The molecule has 1 aliphatic rings. The van der Waals surface area contributed by atoms with Crippen LogP contribution < -0.4 is 20.4 Å². The number of aryl methyl sites for hydroxylation is 1. The average molecular weight is 585 g/mol. The van der Waals surface area contributed by atoms with Crippen LogP contribution in [0.2, 0.25) is 0 Å². The highest BCUT2D eigenvalue weighted by molar-refractivity contribution is 6.13. The molecule has 10 heteroatoms. The van der Waals surface area contributed by atoms with Crippen molar-refractivity contribution in [3.05, 3.63) is 96.1 Å². The minimum absolute atomic E-state index is 0.120. The van der Waals surface area contributed by atoms with Gasteiger partial charge in [0, 0.05) is 12.0 Å². The number of hydrogen-bond donors (Lipinski definition) is 2. The number of nitrogens with one attached hydrogen (secondary N) is 2. The monoisotopic (exact) mass is 584 g/mol. The number of para-hydroxylation sites is 2. The maximum atomic E-state index is 13.9. The van der Waals surface area contributed by atoms with Gasteiger partial charge in [-0.1, -0.05) is 67.6 Å². The number of rotatable bonds is 10. The van der Waals surface area contributed by atoms with Crippen LogP contribution in [-0.2, 0) is 30.4 Å². The van der Waals surface area contributed by atoms with Gasteiger partial charge in [0.25, 0.3) is 11.8 Å². The number of carbonyl (C=O) groups is 6. The van der Waals surface area contributed by atoms with Gasteiger partial charge in [-0.15, -0.1) is 0 Å². The highest BCUT2D eigenvalue weighted by Gasteiger charge is 2.38. The van der Waals surface area contributed by atoms with E-state index >= 15 is 0 Å². The van der Waals surface area contributed by atoms with Crippen molar-refractivity contribution in [1.29, 1.82) is 0 Å². The van der Waals surface area contributed by atoms with Crippen LogP contribution in [-0.4, -0.2) is 61.4 Å². The van der Waals surface area contributed by atoms with Gasteiger partial charge in [0.15, 0.2) is 0 Å². The highest BCUT2D eigenvalue weighted by Crippen LogP contribution is 2.33. The molecule has 0 aliphatic carbocycles. The topological polar surface area (TPSA) is 133 Å². The summed E-state index contributed by atoms with van der Waals surface area (Å²) in [7, 11) is 0. The Balaban J connectivity index is 0.00000162. The van der Waals surface area contributed by atoms with Gasteiger partial charge < -0.3 is 25.1 Å². The highest BCUT2D eigenvalue weighted by atomic mass is 16.2. The van der Waals surface area contributed by atoms with Crippen molar-refractivity contribution in [2.45, 2.75) is 45.2 Å². The lowest BCUT2D eigenvalue weighted by Gasteiger charge is -2.25. The quantitative estimate of drug-likeness (QED) is 0.352. The molecule has 0 unspecified atom stereocenters. The van der Waals surface area contributed by atoms with Gasteiger partial charge >= 0.3 is 0 Å². The molecular formula is C33H36N4O6. The third-order valence-electron chi connectivity index (χ3n) is 6.73. The molecule has 1 heterocycles. The van der Waals surface area contributed by atoms with E-state index < -0.39 is 23.9 Å². The first kappa shape index (κ1) is 32.4. The van der Waals surface area contributed by atoms with Gasteiger partial charge in [-0.3, -0.25) is 24.1 Å². The largest absolute Gasteiger partial charge is 0.345 e. The number of carbonyl (C=O) groups excluding carboxylic acids is 6. The fraction of sp³-hybridized carbons (Fsp3) is 0.273. The number of fused-ring (bicyclic) bond motifs is 1. The van der Waals surface area contributed by atoms with Gasteiger partial charge in [0.1, 0.15) is 25.2 Å². The van der Waals surface area contributed by atoms with E-state index in [1.165, 1.54) is 16.7 Å². The van der Waals surface area contributed by atoms with Crippen LogP contribution in [0.5, 0.6) is 0 Å². The van der Waals surface area contributed by atoms with Crippen molar-refractivity contribution >= 4 is 47.6 Å². The van der Waals surface area contributed by atoms with E-state index in [4.69, 9.17) is 4.79 Å². The molecule has 1 aliphatic heterocycles. The van der Waals surface area contributed by atoms with Crippen molar-refractivity contribution < 1.29 is 28.8 Å². The number of nitrogens with zero attached hydrogens (tertiary/aromatic N) is 2. The van der Waals surface area contributed by atoms with Gasteiger partial charge in [0.2, 0.25) is 11.8 Å². The lowest BCUT2D eigenvalue weighted by atomic mass is 10.1. The number of hydrogen-bond acceptors (Lipinski definition) is 6. The lowest BCUT2D eigenvalue weighted by molar-refractivity contribution is -0.128. The van der Waals surface area contributed by atoms with Crippen LogP contribution in [0.4, 0.5) is 11.4 Å².